The number of aliphatic hydroxyl groups excluding tert-OH is 1. The number of rotatable bonds is 6. The maximum atomic E-state index is 13.5. The molecule has 9 nitrogen and oxygen atoms in total. The lowest BCUT2D eigenvalue weighted by atomic mass is 10.0. The summed E-state index contributed by atoms with van der Waals surface area (Å²) in [6.07, 6.45) is 3.21. The summed E-state index contributed by atoms with van der Waals surface area (Å²) in [5, 5.41) is 9.79. The molecular weight excluding hydrogens is 484 g/mol. The second-order valence-electron chi connectivity index (χ2n) is 9.20. The zero-order valence-electron chi connectivity index (χ0n) is 20.9. The summed E-state index contributed by atoms with van der Waals surface area (Å²) in [5.41, 5.74) is 1.25. The van der Waals surface area contributed by atoms with Gasteiger partial charge in [0.25, 0.3) is 5.91 Å². The highest BCUT2D eigenvalue weighted by Crippen LogP contribution is 2.35. The van der Waals surface area contributed by atoms with E-state index >= 15 is 0 Å². The monoisotopic (exact) mass is 516 g/mol. The molecule has 2 aliphatic rings. The van der Waals surface area contributed by atoms with Gasteiger partial charge in [0.1, 0.15) is 16.7 Å². The summed E-state index contributed by atoms with van der Waals surface area (Å²) in [4.78, 5) is 14.8. The maximum absolute atomic E-state index is 13.5. The average Bonchev–Trinajstić information content (AvgIpc) is 3.33. The maximum Gasteiger partial charge on any atom is 0.253 e. The molecule has 0 saturated heterocycles. The molecule has 36 heavy (non-hydrogen) atoms. The van der Waals surface area contributed by atoms with Crippen LogP contribution in [0, 0.1) is 5.92 Å². The standard InChI is InChI=1S/C26H32N2O7S/c1-5-6-19-7-10-25-23(11-19)35-24(17(2)13-28(18(3)15-29)36(25,31)32)14-27(4)26(30)20-8-9-21-22(12-20)34-16-33-21/h5-12,17-18,24,29H,13-16H2,1-4H3/b6-5+/t17-,18-,24-/m0/s1. The van der Waals surface area contributed by atoms with Crippen molar-refractivity contribution in [2.75, 3.05) is 33.5 Å². The molecule has 0 aliphatic carbocycles. The molecule has 0 bridgehead atoms. The van der Waals surface area contributed by atoms with Crippen molar-refractivity contribution in [3.63, 3.8) is 0 Å². The predicted molar refractivity (Wildman–Crippen MR) is 135 cm³/mol. The fourth-order valence-corrected chi connectivity index (χ4v) is 6.18. The van der Waals surface area contributed by atoms with E-state index < -0.39 is 22.2 Å². The summed E-state index contributed by atoms with van der Waals surface area (Å²) in [6.45, 7) is 5.60. The highest BCUT2D eigenvalue weighted by molar-refractivity contribution is 7.89. The van der Waals surface area contributed by atoms with Crippen LogP contribution in [-0.4, -0.2) is 74.3 Å². The third kappa shape index (κ3) is 5.07. The SMILES string of the molecule is C/C=C/c1ccc2c(c1)O[C@@H](CN(C)C(=O)c1ccc3c(c1)OCO3)[C@@H](C)CN([C@@H](C)CO)S2(=O)=O. The molecule has 0 saturated carbocycles. The van der Waals surface area contributed by atoms with E-state index in [0.29, 0.717) is 17.1 Å². The normalized spacial score (nSPS) is 21.8. The van der Waals surface area contributed by atoms with Gasteiger partial charge in [-0.1, -0.05) is 25.1 Å². The minimum Gasteiger partial charge on any atom is -0.487 e. The average molecular weight is 517 g/mol. The van der Waals surface area contributed by atoms with E-state index in [-0.39, 0.29) is 49.0 Å². The lowest BCUT2D eigenvalue weighted by Crippen LogP contribution is -2.50. The number of carbonyl (C=O) groups excluding carboxylic acids is 1. The molecule has 10 heteroatoms. The number of allylic oxidation sites excluding steroid dienone is 1. The van der Waals surface area contributed by atoms with E-state index in [2.05, 4.69) is 0 Å². The summed E-state index contributed by atoms with van der Waals surface area (Å²) in [7, 11) is -2.23. The number of likely N-dealkylation sites (N-methyl/N-ethyl adjacent to an activating group) is 1. The first-order chi connectivity index (χ1) is 17.1. The summed E-state index contributed by atoms with van der Waals surface area (Å²) >= 11 is 0. The Labute approximate surface area is 211 Å². The van der Waals surface area contributed by atoms with Gasteiger partial charge in [-0.05, 0) is 49.7 Å². The minimum absolute atomic E-state index is 0.0395. The summed E-state index contributed by atoms with van der Waals surface area (Å²) in [5.74, 6) is 0.843. The highest BCUT2D eigenvalue weighted by Gasteiger charge is 2.38. The number of benzene rings is 2. The third-order valence-electron chi connectivity index (χ3n) is 6.47. The van der Waals surface area contributed by atoms with Crippen LogP contribution in [0.3, 0.4) is 0 Å². The molecule has 0 radical (unpaired) electrons. The van der Waals surface area contributed by atoms with Gasteiger partial charge in [-0.3, -0.25) is 4.79 Å². The number of amides is 1. The first kappa shape index (κ1) is 26.0. The van der Waals surface area contributed by atoms with Gasteiger partial charge in [0.05, 0.1) is 13.2 Å². The number of ether oxygens (including phenoxy) is 3. The van der Waals surface area contributed by atoms with Crippen LogP contribution in [0.25, 0.3) is 6.08 Å². The van der Waals surface area contributed by atoms with Crippen LogP contribution in [0.15, 0.2) is 47.4 Å². The lowest BCUT2D eigenvalue weighted by Gasteiger charge is -2.37. The van der Waals surface area contributed by atoms with Gasteiger partial charge in [0.15, 0.2) is 11.5 Å². The van der Waals surface area contributed by atoms with Crippen molar-refractivity contribution in [3.05, 3.63) is 53.6 Å². The van der Waals surface area contributed by atoms with E-state index in [1.165, 1.54) is 10.4 Å². The van der Waals surface area contributed by atoms with Crippen LogP contribution in [0.1, 0.15) is 36.7 Å². The number of hydrogen-bond acceptors (Lipinski definition) is 7. The number of hydrogen-bond donors (Lipinski definition) is 1. The van der Waals surface area contributed by atoms with Crippen LogP contribution >= 0.6 is 0 Å². The van der Waals surface area contributed by atoms with Gasteiger partial charge in [-0.2, -0.15) is 4.31 Å². The quantitative estimate of drug-likeness (QED) is 0.629. The Morgan fingerprint density at radius 3 is 2.67 bits per heavy atom. The molecule has 4 rings (SSSR count). The molecular formula is C26H32N2O7S. The second-order valence-corrected chi connectivity index (χ2v) is 11.1. The molecule has 0 spiro atoms. The van der Waals surface area contributed by atoms with Crippen molar-refractivity contribution < 1.29 is 32.5 Å². The molecule has 0 fully saturated rings. The van der Waals surface area contributed by atoms with Crippen molar-refractivity contribution in [1.29, 1.82) is 0 Å². The van der Waals surface area contributed by atoms with Gasteiger partial charge >= 0.3 is 0 Å². The van der Waals surface area contributed by atoms with Gasteiger partial charge < -0.3 is 24.2 Å². The smallest absolute Gasteiger partial charge is 0.253 e. The molecule has 194 valence electrons. The van der Waals surface area contributed by atoms with Gasteiger partial charge in [0.2, 0.25) is 16.8 Å². The molecule has 2 aromatic rings. The molecule has 2 heterocycles. The highest BCUT2D eigenvalue weighted by atomic mass is 32.2. The van der Waals surface area contributed by atoms with Crippen molar-refractivity contribution in [3.8, 4) is 17.2 Å². The van der Waals surface area contributed by atoms with Gasteiger partial charge in [-0.15, -0.1) is 0 Å². The topological polar surface area (TPSA) is 106 Å². The largest absolute Gasteiger partial charge is 0.487 e. The Hall–Kier alpha value is -3.08. The summed E-state index contributed by atoms with van der Waals surface area (Å²) in [6, 6.07) is 9.37. The predicted octanol–water partition coefficient (Wildman–Crippen LogP) is 2.99. The van der Waals surface area contributed by atoms with Crippen molar-refractivity contribution >= 4 is 22.0 Å². The first-order valence-corrected chi connectivity index (χ1v) is 13.3. The molecule has 3 atom stereocenters. The fraction of sp³-hybridized carbons (Fsp3) is 0.423. The zero-order valence-corrected chi connectivity index (χ0v) is 21.7. The molecule has 0 aromatic heterocycles. The third-order valence-corrected chi connectivity index (χ3v) is 8.49. The van der Waals surface area contributed by atoms with Crippen molar-refractivity contribution in [2.45, 2.75) is 37.8 Å². The molecule has 0 unspecified atom stereocenters. The number of fused-ring (bicyclic) bond motifs is 2. The Morgan fingerprint density at radius 2 is 1.94 bits per heavy atom. The Morgan fingerprint density at radius 1 is 1.19 bits per heavy atom. The number of nitrogens with zero attached hydrogens (tertiary/aromatic N) is 2. The fourth-order valence-electron chi connectivity index (χ4n) is 4.36. The van der Waals surface area contributed by atoms with Crippen molar-refractivity contribution in [1.82, 2.24) is 9.21 Å². The second kappa shape index (κ2) is 10.5. The Kier molecular flexibility index (Phi) is 7.58. The Bertz CT molecular complexity index is 1260. The van der Waals surface area contributed by atoms with E-state index in [0.717, 1.165) is 5.56 Å². The molecule has 1 N–H and O–H groups in total. The van der Waals surface area contributed by atoms with Crippen LogP contribution in [0.5, 0.6) is 17.2 Å². The minimum atomic E-state index is -3.92. The van der Waals surface area contributed by atoms with E-state index in [4.69, 9.17) is 14.2 Å². The van der Waals surface area contributed by atoms with E-state index in [1.54, 1.807) is 49.2 Å². The van der Waals surface area contributed by atoms with Crippen molar-refractivity contribution in [2.24, 2.45) is 5.92 Å². The van der Waals surface area contributed by atoms with E-state index in [1.807, 2.05) is 26.0 Å². The van der Waals surface area contributed by atoms with Gasteiger partial charge in [0, 0.05) is 31.1 Å². The van der Waals surface area contributed by atoms with E-state index in [9.17, 15) is 18.3 Å². The Balaban J connectivity index is 1.66. The van der Waals surface area contributed by atoms with Gasteiger partial charge in [-0.25, -0.2) is 8.42 Å². The molecule has 2 aromatic carbocycles. The van der Waals surface area contributed by atoms with Crippen LogP contribution in [-0.2, 0) is 10.0 Å². The summed E-state index contributed by atoms with van der Waals surface area (Å²) < 4.78 is 45.4. The first-order valence-electron chi connectivity index (χ1n) is 11.9. The molecule has 2 aliphatic heterocycles. The zero-order chi connectivity index (χ0) is 26.0. The molecule has 1 amide bonds. The lowest BCUT2D eigenvalue weighted by molar-refractivity contribution is 0.0563. The van der Waals surface area contributed by atoms with Crippen LogP contribution < -0.4 is 14.2 Å². The number of carbonyl (C=O) groups is 1. The number of sulfonamides is 1. The van der Waals surface area contributed by atoms with Crippen LogP contribution in [0.4, 0.5) is 0 Å². The van der Waals surface area contributed by atoms with Crippen LogP contribution in [0.2, 0.25) is 0 Å². The number of aliphatic hydroxyl groups is 1.